The monoisotopic (exact) mass is 585 g/mol. The van der Waals surface area contributed by atoms with Crippen LogP contribution >= 0.6 is 69.1 Å². The number of amidine groups is 2. The van der Waals surface area contributed by atoms with E-state index in [1.807, 2.05) is 0 Å². The highest BCUT2D eigenvalue weighted by atomic mass is 79.9. The van der Waals surface area contributed by atoms with Crippen molar-refractivity contribution in [2.24, 2.45) is 11.5 Å². The highest BCUT2D eigenvalue weighted by Crippen LogP contribution is 2.35. The second-order valence-corrected chi connectivity index (χ2v) is 7.68. The fraction of sp³-hybridized carbons (Fsp3) is 0.125. The van der Waals surface area contributed by atoms with Crippen molar-refractivity contribution >= 4 is 85.1 Å². The zero-order chi connectivity index (χ0) is 20.0. The number of hydrogen-bond acceptors (Lipinski definition) is 7. The van der Waals surface area contributed by atoms with Gasteiger partial charge in [-0.25, -0.2) is 0 Å². The molecule has 0 bridgehead atoms. The first-order valence-electron chi connectivity index (χ1n) is 7.43. The molecular weight excluding hydrogens is 570 g/mol. The molecule has 0 amide bonds. The van der Waals surface area contributed by atoms with E-state index in [2.05, 4.69) is 0 Å². The number of non-ortho nitro benzene ring substituents is 1. The summed E-state index contributed by atoms with van der Waals surface area (Å²) in [7, 11) is 0. The molecule has 0 saturated heterocycles. The van der Waals surface area contributed by atoms with Crippen LogP contribution in [0.1, 0.15) is 11.1 Å². The van der Waals surface area contributed by atoms with Crippen molar-refractivity contribution in [3.05, 3.63) is 62.7 Å². The Kier molecular flexibility index (Phi) is 12.3. The third-order valence-corrected chi connectivity index (χ3v) is 5.03. The van der Waals surface area contributed by atoms with Gasteiger partial charge >= 0.3 is 0 Å². The van der Waals surface area contributed by atoms with Gasteiger partial charge < -0.3 is 16.2 Å². The van der Waals surface area contributed by atoms with E-state index in [1.54, 1.807) is 18.2 Å². The largest absolute Gasteiger partial charge is 0.457 e. The molecule has 2 aromatic carbocycles. The summed E-state index contributed by atoms with van der Waals surface area (Å²) < 4.78 is 5.96. The Bertz CT molecular complexity index is 905. The van der Waals surface area contributed by atoms with Gasteiger partial charge in [-0.05, 0) is 24.3 Å². The van der Waals surface area contributed by atoms with Gasteiger partial charge in [0.05, 0.1) is 4.92 Å². The molecule has 0 heterocycles. The molecule has 0 aromatic heterocycles. The highest BCUT2D eigenvalue weighted by Gasteiger charge is 2.15. The van der Waals surface area contributed by atoms with Gasteiger partial charge in [0.25, 0.3) is 5.69 Å². The molecule has 0 atom stereocenters. The molecule has 0 fully saturated rings. The summed E-state index contributed by atoms with van der Waals surface area (Å²) in [6, 6.07) is 9.30. The summed E-state index contributed by atoms with van der Waals surface area (Å²) in [6.45, 7) is 0. The first kappa shape index (κ1) is 27.5. The number of nitro benzene ring substituents is 1. The average molecular weight is 588 g/mol. The van der Waals surface area contributed by atoms with E-state index in [-0.39, 0.29) is 55.7 Å². The van der Waals surface area contributed by atoms with Crippen molar-refractivity contribution in [3.8, 4) is 11.5 Å². The maximum absolute atomic E-state index is 11.0. The molecule has 2 aromatic rings. The van der Waals surface area contributed by atoms with Crippen LogP contribution in [0.15, 0.2) is 36.4 Å². The van der Waals surface area contributed by atoms with Crippen LogP contribution in [0.4, 0.5) is 5.69 Å². The van der Waals surface area contributed by atoms with E-state index >= 15 is 0 Å². The first-order chi connectivity index (χ1) is 12.8. The van der Waals surface area contributed by atoms with Crippen LogP contribution in [0.25, 0.3) is 0 Å². The van der Waals surface area contributed by atoms with E-state index in [4.69, 9.17) is 38.6 Å². The number of rotatable bonds is 7. The Hall–Kier alpha value is -1.47. The van der Waals surface area contributed by atoms with Gasteiger partial charge in [-0.15, -0.1) is 34.0 Å². The normalized spacial score (nSPS) is 9.69. The molecule has 0 aliphatic rings. The molecule has 13 heteroatoms. The van der Waals surface area contributed by atoms with E-state index < -0.39 is 4.92 Å². The number of nitro groups is 1. The number of halogens is 3. The topological polar surface area (TPSA) is 152 Å². The lowest BCUT2D eigenvalue weighted by atomic mass is 10.2. The fourth-order valence-electron chi connectivity index (χ4n) is 2.08. The number of nitrogens with one attached hydrogen (secondary N) is 2. The Labute approximate surface area is 201 Å². The van der Waals surface area contributed by atoms with Gasteiger partial charge in [-0.2, -0.15) is 0 Å². The fourth-order valence-corrected chi connectivity index (χ4v) is 3.35. The molecule has 0 aliphatic heterocycles. The summed E-state index contributed by atoms with van der Waals surface area (Å²) in [5.41, 5.74) is 11.9. The maximum atomic E-state index is 11.0. The minimum atomic E-state index is -0.497. The SMILES string of the molecule is Br.Br.N=C(N)SCc1cc(Cl)ccc1Oc1ccc([N+](=O)[O-])cc1CSC(=N)N. The van der Waals surface area contributed by atoms with Crippen LogP contribution in [-0.2, 0) is 11.5 Å². The standard InChI is InChI=1S/C16H16ClN5O3S2.2BrH/c17-11-1-3-13(9(5-11)7-26-15(18)19)25-14-4-2-12(22(23)24)6-10(14)8-27-16(20)21;;/h1-6H,7-8H2,(H3,18,19)(H3,20,21);2*1H. The summed E-state index contributed by atoms with van der Waals surface area (Å²) in [6.07, 6.45) is 0. The van der Waals surface area contributed by atoms with E-state index in [0.717, 1.165) is 29.1 Å². The number of benzene rings is 2. The number of nitrogens with two attached hydrogens (primary N) is 2. The van der Waals surface area contributed by atoms with Crippen LogP contribution < -0.4 is 16.2 Å². The molecule has 0 saturated carbocycles. The third kappa shape index (κ3) is 8.83. The lowest BCUT2D eigenvalue weighted by Gasteiger charge is -2.14. The summed E-state index contributed by atoms with van der Waals surface area (Å²) in [5.74, 6) is 1.54. The lowest BCUT2D eigenvalue weighted by molar-refractivity contribution is -0.384. The minimum absolute atomic E-state index is 0. The van der Waals surface area contributed by atoms with Crippen LogP contribution in [0.5, 0.6) is 11.5 Å². The average Bonchev–Trinajstić information content (AvgIpc) is 2.60. The van der Waals surface area contributed by atoms with Crippen LogP contribution in [0.2, 0.25) is 5.02 Å². The Morgan fingerprint density at radius 3 is 1.97 bits per heavy atom. The van der Waals surface area contributed by atoms with E-state index in [1.165, 1.54) is 18.2 Å². The number of nitrogens with zero attached hydrogens (tertiary/aromatic N) is 1. The van der Waals surface area contributed by atoms with Gasteiger partial charge in [-0.1, -0.05) is 35.1 Å². The van der Waals surface area contributed by atoms with Crippen molar-refractivity contribution in [1.82, 2.24) is 0 Å². The Morgan fingerprint density at radius 1 is 1.00 bits per heavy atom. The second-order valence-electron chi connectivity index (χ2n) is 5.21. The molecule has 0 aliphatic carbocycles. The number of thioether (sulfide) groups is 2. The second kappa shape index (κ2) is 13.0. The van der Waals surface area contributed by atoms with Crippen molar-refractivity contribution in [3.63, 3.8) is 0 Å². The maximum Gasteiger partial charge on any atom is 0.270 e. The molecule has 0 unspecified atom stereocenters. The van der Waals surface area contributed by atoms with Crippen LogP contribution in [0.3, 0.4) is 0 Å². The van der Waals surface area contributed by atoms with Gasteiger partial charge in [0.1, 0.15) is 11.5 Å². The zero-order valence-corrected chi connectivity index (χ0v) is 20.5. The third-order valence-electron chi connectivity index (χ3n) is 3.26. The molecule has 29 heavy (non-hydrogen) atoms. The Balaban J connectivity index is 0.00000392. The summed E-state index contributed by atoms with van der Waals surface area (Å²) in [4.78, 5) is 10.5. The van der Waals surface area contributed by atoms with Crippen molar-refractivity contribution in [2.45, 2.75) is 11.5 Å². The molecule has 0 radical (unpaired) electrons. The van der Waals surface area contributed by atoms with Gasteiger partial charge in [0.15, 0.2) is 10.3 Å². The Morgan fingerprint density at radius 2 is 1.48 bits per heavy atom. The van der Waals surface area contributed by atoms with Crippen LogP contribution in [-0.4, -0.2) is 15.3 Å². The predicted octanol–water partition coefficient (Wildman–Crippen LogP) is 5.45. The molecule has 6 N–H and O–H groups in total. The summed E-state index contributed by atoms with van der Waals surface area (Å²) in [5, 5.41) is 26.1. The minimum Gasteiger partial charge on any atom is -0.457 e. The molecule has 158 valence electrons. The van der Waals surface area contributed by atoms with E-state index in [0.29, 0.717) is 27.8 Å². The van der Waals surface area contributed by atoms with Crippen molar-refractivity contribution in [1.29, 1.82) is 10.8 Å². The summed E-state index contributed by atoms with van der Waals surface area (Å²) >= 11 is 8.21. The van der Waals surface area contributed by atoms with Crippen molar-refractivity contribution in [2.75, 3.05) is 0 Å². The number of hydrogen-bond donors (Lipinski definition) is 4. The van der Waals surface area contributed by atoms with Crippen LogP contribution in [0, 0.1) is 20.9 Å². The first-order valence-corrected chi connectivity index (χ1v) is 9.78. The highest BCUT2D eigenvalue weighted by molar-refractivity contribution is 8.93. The van der Waals surface area contributed by atoms with Gasteiger partial charge in [0.2, 0.25) is 0 Å². The van der Waals surface area contributed by atoms with E-state index in [9.17, 15) is 10.1 Å². The van der Waals surface area contributed by atoms with Crippen molar-refractivity contribution < 1.29 is 9.66 Å². The number of ether oxygens (including phenoxy) is 1. The molecule has 8 nitrogen and oxygen atoms in total. The molecule has 0 spiro atoms. The van der Waals surface area contributed by atoms with Gasteiger partial charge in [0, 0.05) is 39.8 Å². The smallest absolute Gasteiger partial charge is 0.270 e. The van der Waals surface area contributed by atoms with Gasteiger partial charge in [-0.3, -0.25) is 20.9 Å². The predicted molar refractivity (Wildman–Crippen MR) is 132 cm³/mol. The molecule has 2 rings (SSSR count). The lowest BCUT2D eigenvalue weighted by Crippen LogP contribution is -2.05. The quantitative estimate of drug-likeness (QED) is 0.145. The zero-order valence-electron chi connectivity index (χ0n) is 14.7. The molecular formula is C16H18Br2ClN5O3S2.